The zero-order valence-corrected chi connectivity index (χ0v) is 11.1. The van der Waals surface area contributed by atoms with Crippen molar-refractivity contribution in [3.05, 3.63) is 24.3 Å². The third-order valence-electron chi connectivity index (χ3n) is 3.28. The molecule has 1 heterocycles. The van der Waals surface area contributed by atoms with Crippen molar-refractivity contribution in [1.29, 1.82) is 0 Å². The molecule has 4 nitrogen and oxygen atoms in total. The molecule has 110 valence electrons. The van der Waals surface area contributed by atoms with Crippen LogP contribution < -0.4 is 15.4 Å². The van der Waals surface area contributed by atoms with Gasteiger partial charge in [-0.2, -0.15) is 8.78 Å². The summed E-state index contributed by atoms with van der Waals surface area (Å²) in [4.78, 5) is 11.8. The number of nitrogens with one attached hydrogen (secondary N) is 2. The highest BCUT2D eigenvalue weighted by Crippen LogP contribution is 2.20. The number of carbonyl (C=O) groups is 1. The smallest absolute Gasteiger partial charge is 0.387 e. The summed E-state index contributed by atoms with van der Waals surface area (Å²) >= 11 is 0. The fourth-order valence-electron chi connectivity index (χ4n) is 2.27. The number of halogens is 2. The SMILES string of the molecule is O=C(CCC1CCNC1)Nc1cccc(OC(F)F)c1. The number of rotatable bonds is 6. The average molecular weight is 284 g/mol. The Bertz CT molecular complexity index is 449. The summed E-state index contributed by atoms with van der Waals surface area (Å²) in [6.45, 7) is -0.889. The molecule has 20 heavy (non-hydrogen) atoms. The van der Waals surface area contributed by atoms with Gasteiger partial charge in [-0.05, 0) is 44.0 Å². The topological polar surface area (TPSA) is 50.4 Å². The first-order chi connectivity index (χ1) is 9.63. The second kappa shape index (κ2) is 7.19. The van der Waals surface area contributed by atoms with Crippen molar-refractivity contribution in [3.8, 4) is 5.75 Å². The van der Waals surface area contributed by atoms with Gasteiger partial charge in [-0.3, -0.25) is 4.79 Å². The fourth-order valence-corrected chi connectivity index (χ4v) is 2.27. The maximum absolute atomic E-state index is 12.1. The molecular formula is C14H18F2N2O2. The van der Waals surface area contributed by atoms with E-state index >= 15 is 0 Å². The van der Waals surface area contributed by atoms with Crippen molar-refractivity contribution in [1.82, 2.24) is 5.32 Å². The fraction of sp³-hybridized carbons (Fsp3) is 0.500. The van der Waals surface area contributed by atoms with Gasteiger partial charge in [0, 0.05) is 18.2 Å². The van der Waals surface area contributed by atoms with E-state index in [9.17, 15) is 13.6 Å². The van der Waals surface area contributed by atoms with Crippen molar-refractivity contribution in [2.45, 2.75) is 25.9 Å². The first kappa shape index (κ1) is 14.7. The van der Waals surface area contributed by atoms with Crippen LogP contribution in [0.5, 0.6) is 5.75 Å². The highest BCUT2D eigenvalue weighted by molar-refractivity contribution is 5.90. The normalized spacial score (nSPS) is 18.2. The van der Waals surface area contributed by atoms with E-state index in [1.807, 2.05) is 0 Å². The molecule has 2 rings (SSSR count). The predicted molar refractivity (Wildman–Crippen MR) is 71.9 cm³/mol. The molecule has 0 radical (unpaired) electrons. The Kier molecular flexibility index (Phi) is 5.29. The Labute approximate surface area is 116 Å². The molecule has 0 aromatic heterocycles. The van der Waals surface area contributed by atoms with Gasteiger partial charge >= 0.3 is 6.61 Å². The van der Waals surface area contributed by atoms with Crippen LogP contribution in [-0.4, -0.2) is 25.6 Å². The molecule has 0 spiro atoms. The summed E-state index contributed by atoms with van der Waals surface area (Å²) < 4.78 is 28.5. The number of hydrogen-bond acceptors (Lipinski definition) is 3. The highest BCUT2D eigenvalue weighted by Gasteiger charge is 2.15. The number of ether oxygens (including phenoxy) is 1. The van der Waals surface area contributed by atoms with E-state index in [0.717, 1.165) is 25.9 Å². The van der Waals surface area contributed by atoms with E-state index < -0.39 is 6.61 Å². The molecule has 0 aliphatic carbocycles. The van der Waals surface area contributed by atoms with E-state index in [-0.39, 0.29) is 11.7 Å². The second-order valence-corrected chi connectivity index (χ2v) is 4.85. The summed E-state index contributed by atoms with van der Waals surface area (Å²) in [5, 5.41) is 5.95. The molecule has 1 amide bonds. The Morgan fingerprint density at radius 2 is 2.35 bits per heavy atom. The van der Waals surface area contributed by atoms with Crippen molar-refractivity contribution < 1.29 is 18.3 Å². The maximum atomic E-state index is 12.1. The molecule has 1 atom stereocenters. The number of alkyl halides is 2. The molecule has 0 bridgehead atoms. The number of benzene rings is 1. The molecule has 1 saturated heterocycles. The summed E-state index contributed by atoms with van der Waals surface area (Å²) in [6, 6.07) is 6.02. The molecule has 1 unspecified atom stereocenters. The maximum Gasteiger partial charge on any atom is 0.387 e. The van der Waals surface area contributed by atoms with E-state index in [1.165, 1.54) is 12.1 Å². The van der Waals surface area contributed by atoms with Crippen LogP contribution in [0, 0.1) is 5.92 Å². The molecule has 1 aliphatic rings. The largest absolute Gasteiger partial charge is 0.435 e. The van der Waals surface area contributed by atoms with Gasteiger partial charge in [0.05, 0.1) is 0 Å². The quantitative estimate of drug-likeness (QED) is 0.844. The summed E-state index contributed by atoms with van der Waals surface area (Å²) in [6.07, 6.45) is 2.38. The molecule has 6 heteroatoms. The highest BCUT2D eigenvalue weighted by atomic mass is 19.3. The minimum atomic E-state index is -2.86. The van der Waals surface area contributed by atoms with Crippen molar-refractivity contribution in [2.24, 2.45) is 5.92 Å². The van der Waals surface area contributed by atoms with Gasteiger partial charge in [-0.25, -0.2) is 0 Å². The van der Waals surface area contributed by atoms with Gasteiger partial charge in [-0.15, -0.1) is 0 Å². The molecule has 2 N–H and O–H groups in total. The molecule has 1 fully saturated rings. The minimum Gasteiger partial charge on any atom is -0.435 e. The van der Waals surface area contributed by atoms with Gasteiger partial charge in [-0.1, -0.05) is 6.07 Å². The van der Waals surface area contributed by atoms with E-state index in [0.29, 0.717) is 18.0 Å². The van der Waals surface area contributed by atoms with Gasteiger partial charge in [0.1, 0.15) is 5.75 Å². The Morgan fingerprint density at radius 1 is 1.50 bits per heavy atom. The van der Waals surface area contributed by atoms with Gasteiger partial charge in [0.25, 0.3) is 0 Å². The molecular weight excluding hydrogens is 266 g/mol. The Morgan fingerprint density at radius 3 is 3.05 bits per heavy atom. The second-order valence-electron chi connectivity index (χ2n) is 4.85. The van der Waals surface area contributed by atoms with Crippen LogP contribution in [0.4, 0.5) is 14.5 Å². The molecule has 0 saturated carbocycles. The standard InChI is InChI=1S/C14H18F2N2O2/c15-14(16)20-12-3-1-2-11(8-12)18-13(19)5-4-10-6-7-17-9-10/h1-3,8,10,14,17H,4-7,9H2,(H,18,19). The first-order valence-corrected chi connectivity index (χ1v) is 6.69. The summed E-state index contributed by atoms with van der Waals surface area (Å²) in [5.41, 5.74) is 0.470. The monoisotopic (exact) mass is 284 g/mol. The zero-order chi connectivity index (χ0) is 14.4. The summed E-state index contributed by atoms with van der Waals surface area (Å²) in [7, 11) is 0. The number of amides is 1. The van der Waals surface area contributed by atoms with Gasteiger partial charge in [0.15, 0.2) is 0 Å². The third-order valence-corrected chi connectivity index (χ3v) is 3.28. The zero-order valence-electron chi connectivity index (χ0n) is 11.1. The minimum absolute atomic E-state index is 0.0396. The predicted octanol–water partition coefficient (Wildman–Crippen LogP) is 2.62. The van der Waals surface area contributed by atoms with Gasteiger partial charge in [0.2, 0.25) is 5.91 Å². The Balaban J connectivity index is 1.80. The average Bonchev–Trinajstić information content (AvgIpc) is 2.89. The van der Waals surface area contributed by atoms with Crippen LogP contribution in [0.15, 0.2) is 24.3 Å². The van der Waals surface area contributed by atoms with Crippen LogP contribution in [0.1, 0.15) is 19.3 Å². The number of hydrogen-bond donors (Lipinski definition) is 2. The van der Waals surface area contributed by atoms with Crippen molar-refractivity contribution in [2.75, 3.05) is 18.4 Å². The van der Waals surface area contributed by atoms with E-state index in [2.05, 4.69) is 15.4 Å². The van der Waals surface area contributed by atoms with Crippen LogP contribution in [0.2, 0.25) is 0 Å². The number of carbonyl (C=O) groups excluding carboxylic acids is 1. The van der Waals surface area contributed by atoms with Gasteiger partial charge < -0.3 is 15.4 Å². The summed E-state index contributed by atoms with van der Waals surface area (Å²) in [5.74, 6) is 0.484. The molecule has 1 aliphatic heterocycles. The lowest BCUT2D eigenvalue weighted by Crippen LogP contribution is -2.15. The van der Waals surface area contributed by atoms with Crippen LogP contribution in [0.25, 0.3) is 0 Å². The van der Waals surface area contributed by atoms with Crippen LogP contribution in [-0.2, 0) is 4.79 Å². The lowest BCUT2D eigenvalue weighted by atomic mass is 10.0. The lowest BCUT2D eigenvalue weighted by molar-refractivity contribution is -0.116. The van der Waals surface area contributed by atoms with Crippen LogP contribution >= 0.6 is 0 Å². The Hall–Kier alpha value is -1.69. The van der Waals surface area contributed by atoms with Crippen LogP contribution in [0.3, 0.4) is 0 Å². The molecule has 1 aromatic carbocycles. The lowest BCUT2D eigenvalue weighted by Gasteiger charge is -2.10. The van der Waals surface area contributed by atoms with Crippen molar-refractivity contribution in [3.63, 3.8) is 0 Å². The van der Waals surface area contributed by atoms with E-state index in [1.54, 1.807) is 12.1 Å². The number of anilines is 1. The molecule has 1 aromatic rings. The first-order valence-electron chi connectivity index (χ1n) is 6.69. The third kappa shape index (κ3) is 4.77. The van der Waals surface area contributed by atoms with Crippen molar-refractivity contribution >= 4 is 11.6 Å². The van der Waals surface area contributed by atoms with E-state index in [4.69, 9.17) is 0 Å².